The van der Waals surface area contributed by atoms with Crippen LogP contribution in [0.2, 0.25) is 0 Å². The quantitative estimate of drug-likeness (QED) is 0.640. The van der Waals surface area contributed by atoms with Gasteiger partial charge in [-0.15, -0.1) is 0 Å². The second kappa shape index (κ2) is 9.07. The fourth-order valence-corrected chi connectivity index (χ4v) is 2.11. The molecule has 0 saturated carbocycles. The van der Waals surface area contributed by atoms with Gasteiger partial charge in [-0.25, -0.2) is 4.79 Å². The third kappa shape index (κ3) is 6.35. The van der Waals surface area contributed by atoms with E-state index in [0.29, 0.717) is 24.6 Å². The number of carbonyl (C=O) groups is 2. The smallest absolute Gasteiger partial charge is 0.335 e. The molecule has 0 bridgehead atoms. The molecule has 0 spiro atoms. The van der Waals surface area contributed by atoms with Crippen LogP contribution < -0.4 is 11.1 Å². The monoisotopic (exact) mass is 293 g/mol. The van der Waals surface area contributed by atoms with Crippen LogP contribution in [0.15, 0.2) is 18.3 Å². The first-order valence-corrected chi connectivity index (χ1v) is 7.21. The Morgan fingerprint density at radius 1 is 1.43 bits per heavy atom. The summed E-state index contributed by atoms with van der Waals surface area (Å²) < 4.78 is 0. The van der Waals surface area contributed by atoms with Gasteiger partial charge in [-0.2, -0.15) is 0 Å². The van der Waals surface area contributed by atoms with Crippen LogP contribution in [0.1, 0.15) is 48.7 Å². The van der Waals surface area contributed by atoms with Crippen molar-refractivity contribution in [2.24, 2.45) is 11.7 Å². The number of carboxylic acid groups (broad SMARTS) is 1. The van der Waals surface area contributed by atoms with Gasteiger partial charge < -0.3 is 16.2 Å². The van der Waals surface area contributed by atoms with Crippen LogP contribution in [0.3, 0.4) is 0 Å². The van der Waals surface area contributed by atoms with Crippen molar-refractivity contribution < 1.29 is 14.7 Å². The van der Waals surface area contributed by atoms with Crippen molar-refractivity contribution in [2.75, 3.05) is 6.54 Å². The molecule has 1 aromatic heterocycles. The van der Waals surface area contributed by atoms with Crippen molar-refractivity contribution in [1.82, 2.24) is 10.3 Å². The summed E-state index contributed by atoms with van der Waals surface area (Å²) >= 11 is 0. The lowest BCUT2D eigenvalue weighted by Crippen LogP contribution is -2.24. The number of amides is 1. The Bertz CT molecular complexity index is 477. The maximum Gasteiger partial charge on any atom is 0.335 e. The standard InChI is InChI=1S/C15H23N3O3/c1-2-11(5-7-16)3-4-14(19)18-10-13-9-12(15(20)21)6-8-17-13/h6,8-9,11H,2-5,7,10,16H2,1H3,(H,18,19)(H,20,21). The molecule has 1 unspecified atom stereocenters. The highest BCUT2D eigenvalue weighted by Crippen LogP contribution is 2.14. The number of pyridine rings is 1. The van der Waals surface area contributed by atoms with Crippen LogP contribution in [-0.4, -0.2) is 28.5 Å². The maximum absolute atomic E-state index is 11.8. The van der Waals surface area contributed by atoms with Gasteiger partial charge in [0, 0.05) is 12.6 Å². The molecule has 0 aromatic carbocycles. The number of aromatic carboxylic acids is 1. The zero-order chi connectivity index (χ0) is 15.7. The Balaban J connectivity index is 2.39. The third-order valence-corrected chi connectivity index (χ3v) is 3.46. The molecular formula is C15H23N3O3. The molecule has 0 aliphatic heterocycles. The van der Waals surface area contributed by atoms with E-state index >= 15 is 0 Å². The summed E-state index contributed by atoms with van der Waals surface area (Å²) in [6.07, 6.45) is 4.66. The largest absolute Gasteiger partial charge is 0.478 e. The molecule has 0 fully saturated rings. The minimum absolute atomic E-state index is 0.0481. The first kappa shape index (κ1) is 17.1. The number of carbonyl (C=O) groups excluding carboxylic acids is 1. The highest BCUT2D eigenvalue weighted by molar-refractivity contribution is 5.87. The molecule has 1 rings (SSSR count). The number of hydrogen-bond donors (Lipinski definition) is 3. The Morgan fingerprint density at radius 2 is 2.19 bits per heavy atom. The summed E-state index contributed by atoms with van der Waals surface area (Å²) in [6.45, 7) is 2.99. The Morgan fingerprint density at radius 3 is 2.81 bits per heavy atom. The molecule has 21 heavy (non-hydrogen) atoms. The average molecular weight is 293 g/mol. The van der Waals surface area contributed by atoms with E-state index in [1.165, 1.54) is 18.3 Å². The fraction of sp³-hybridized carbons (Fsp3) is 0.533. The zero-order valence-corrected chi connectivity index (χ0v) is 12.3. The van der Waals surface area contributed by atoms with Crippen molar-refractivity contribution in [3.8, 4) is 0 Å². The second-order valence-electron chi connectivity index (χ2n) is 5.01. The molecular weight excluding hydrogens is 270 g/mol. The number of aromatic nitrogens is 1. The summed E-state index contributed by atoms with van der Waals surface area (Å²) in [5.41, 5.74) is 6.24. The zero-order valence-electron chi connectivity index (χ0n) is 12.3. The lowest BCUT2D eigenvalue weighted by atomic mass is 9.96. The predicted molar refractivity (Wildman–Crippen MR) is 79.7 cm³/mol. The van der Waals surface area contributed by atoms with Crippen molar-refractivity contribution in [2.45, 2.75) is 39.2 Å². The van der Waals surface area contributed by atoms with Crippen LogP contribution in [0.4, 0.5) is 0 Å². The van der Waals surface area contributed by atoms with E-state index in [-0.39, 0.29) is 18.0 Å². The number of nitrogens with zero attached hydrogens (tertiary/aromatic N) is 1. The molecule has 4 N–H and O–H groups in total. The van der Waals surface area contributed by atoms with Gasteiger partial charge in [0.1, 0.15) is 0 Å². The first-order valence-electron chi connectivity index (χ1n) is 7.21. The SMILES string of the molecule is CCC(CCN)CCC(=O)NCc1cc(C(=O)O)ccn1. The van der Waals surface area contributed by atoms with Gasteiger partial charge in [0.05, 0.1) is 17.8 Å². The molecule has 0 aliphatic carbocycles. The second-order valence-corrected chi connectivity index (χ2v) is 5.01. The van der Waals surface area contributed by atoms with E-state index in [0.717, 1.165) is 19.3 Å². The summed E-state index contributed by atoms with van der Waals surface area (Å²) in [5, 5.41) is 11.6. The van der Waals surface area contributed by atoms with Gasteiger partial charge in [-0.1, -0.05) is 13.3 Å². The van der Waals surface area contributed by atoms with Crippen LogP contribution in [-0.2, 0) is 11.3 Å². The van der Waals surface area contributed by atoms with Crippen LogP contribution in [0.25, 0.3) is 0 Å². The van der Waals surface area contributed by atoms with E-state index in [1.807, 2.05) is 0 Å². The minimum atomic E-state index is -1.00. The Hall–Kier alpha value is -1.95. The summed E-state index contributed by atoms with van der Waals surface area (Å²) in [6, 6.07) is 2.89. The van der Waals surface area contributed by atoms with Crippen molar-refractivity contribution in [3.63, 3.8) is 0 Å². The molecule has 0 aliphatic rings. The van der Waals surface area contributed by atoms with E-state index in [9.17, 15) is 9.59 Å². The van der Waals surface area contributed by atoms with E-state index in [2.05, 4.69) is 17.2 Å². The number of carboxylic acids is 1. The van der Waals surface area contributed by atoms with E-state index < -0.39 is 5.97 Å². The minimum Gasteiger partial charge on any atom is -0.478 e. The van der Waals surface area contributed by atoms with Gasteiger partial charge in [0.2, 0.25) is 5.91 Å². The first-order chi connectivity index (χ1) is 10.1. The molecule has 0 radical (unpaired) electrons. The Labute approximate surface area is 124 Å². The van der Waals surface area contributed by atoms with E-state index in [4.69, 9.17) is 10.8 Å². The van der Waals surface area contributed by atoms with Crippen LogP contribution >= 0.6 is 0 Å². The molecule has 6 nitrogen and oxygen atoms in total. The van der Waals surface area contributed by atoms with Gasteiger partial charge >= 0.3 is 5.97 Å². The number of nitrogens with two attached hydrogens (primary N) is 1. The normalized spacial score (nSPS) is 11.9. The lowest BCUT2D eigenvalue weighted by molar-refractivity contribution is -0.121. The molecule has 1 amide bonds. The number of rotatable bonds is 9. The predicted octanol–water partition coefficient (Wildman–Crippen LogP) is 1.55. The topological polar surface area (TPSA) is 105 Å². The highest BCUT2D eigenvalue weighted by atomic mass is 16.4. The fourth-order valence-electron chi connectivity index (χ4n) is 2.11. The maximum atomic E-state index is 11.8. The van der Waals surface area contributed by atoms with Crippen molar-refractivity contribution in [3.05, 3.63) is 29.6 Å². The summed E-state index contributed by atoms with van der Waals surface area (Å²) in [5.74, 6) is -0.570. The molecule has 0 saturated heterocycles. The average Bonchev–Trinajstić information content (AvgIpc) is 2.49. The third-order valence-electron chi connectivity index (χ3n) is 3.46. The molecule has 1 atom stereocenters. The number of nitrogens with one attached hydrogen (secondary N) is 1. The molecule has 116 valence electrons. The number of hydrogen-bond acceptors (Lipinski definition) is 4. The molecule has 1 heterocycles. The van der Waals surface area contributed by atoms with Gasteiger partial charge in [-0.3, -0.25) is 9.78 Å². The summed E-state index contributed by atoms with van der Waals surface area (Å²) in [4.78, 5) is 26.7. The molecule has 6 heteroatoms. The Kier molecular flexibility index (Phi) is 7.39. The van der Waals surface area contributed by atoms with Crippen LogP contribution in [0.5, 0.6) is 0 Å². The van der Waals surface area contributed by atoms with Gasteiger partial charge in [0.25, 0.3) is 0 Å². The summed E-state index contributed by atoms with van der Waals surface area (Å²) in [7, 11) is 0. The van der Waals surface area contributed by atoms with E-state index in [1.54, 1.807) is 0 Å². The highest BCUT2D eigenvalue weighted by Gasteiger charge is 2.09. The van der Waals surface area contributed by atoms with Crippen LogP contribution in [0, 0.1) is 5.92 Å². The molecule has 1 aromatic rings. The van der Waals surface area contributed by atoms with Gasteiger partial charge in [0.15, 0.2) is 0 Å². The lowest BCUT2D eigenvalue weighted by Gasteiger charge is -2.13. The van der Waals surface area contributed by atoms with Crippen molar-refractivity contribution in [1.29, 1.82) is 0 Å². The van der Waals surface area contributed by atoms with Gasteiger partial charge in [-0.05, 0) is 37.4 Å². The van der Waals surface area contributed by atoms with Crippen molar-refractivity contribution >= 4 is 11.9 Å².